The Labute approximate surface area is 137 Å². The summed E-state index contributed by atoms with van der Waals surface area (Å²) in [6.07, 6.45) is 10.4. The van der Waals surface area contributed by atoms with Crippen molar-refractivity contribution in [2.24, 2.45) is 5.92 Å². The van der Waals surface area contributed by atoms with Crippen molar-refractivity contribution in [3.63, 3.8) is 0 Å². The molecule has 1 fully saturated rings. The van der Waals surface area contributed by atoms with Crippen molar-refractivity contribution in [3.8, 4) is 0 Å². The van der Waals surface area contributed by atoms with Gasteiger partial charge < -0.3 is 5.32 Å². The van der Waals surface area contributed by atoms with Gasteiger partial charge in [-0.1, -0.05) is 23.3 Å². The van der Waals surface area contributed by atoms with Gasteiger partial charge in [-0.3, -0.25) is 4.90 Å². The van der Waals surface area contributed by atoms with E-state index in [0.29, 0.717) is 5.15 Å². The Morgan fingerprint density at radius 2 is 2.05 bits per heavy atom. The fourth-order valence-electron chi connectivity index (χ4n) is 3.34. The van der Waals surface area contributed by atoms with Crippen LogP contribution in [0.25, 0.3) is 0 Å². The number of aromatic nitrogens is 2. The highest BCUT2D eigenvalue weighted by molar-refractivity contribution is 6.29. The molecule has 0 bridgehead atoms. The van der Waals surface area contributed by atoms with Crippen molar-refractivity contribution < 1.29 is 0 Å². The van der Waals surface area contributed by atoms with Crippen LogP contribution < -0.4 is 5.32 Å². The predicted molar refractivity (Wildman–Crippen MR) is 91.2 cm³/mol. The van der Waals surface area contributed by atoms with Crippen LogP contribution in [-0.4, -0.2) is 41.3 Å². The molecule has 0 unspecified atom stereocenters. The lowest BCUT2D eigenvalue weighted by Crippen LogP contribution is -2.37. The largest absolute Gasteiger partial charge is 0.368 e. The zero-order valence-corrected chi connectivity index (χ0v) is 13.9. The second kappa shape index (κ2) is 7.93. The highest BCUT2D eigenvalue weighted by atomic mass is 35.5. The Kier molecular flexibility index (Phi) is 5.68. The number of rotatable bonds is 5. The summed E-state index contributed by atoms with van der Waals surface area (Å²) in [4.78, 5) is 2.62. The van der Waals surface area contributed by atoms with Gasteiger partial charge >= 0.3 is 0 Å². The zero-order valence-electron chi connectivity index (χ0n) is 13.1. The summed E-state index contributed by atoms with van der Waals surface area (Å²) in [6.45, 7) is 4.61. The third kappa shape index (κ3) is 4.68. The molecule has 1 aromatic heterocycles. The molecule has 1 aliphatic heterocycles. The second-order valence-electron chi connectivity index (χ2n) is 6.45. The molecule has 1 saturated heterocycles. The number of nitrogens with zero attached hydrogens (tertiary/aromatic N) is 3. The minimum atomic E-state index is 0.441. The van der Waals surface area contributed by atoms with E-state index in [1.165, 1.54) is 58.2 Å². The molecule has 0 atom stereocenters. The van der Waals surface area contributed by atoms with E-state index in [4.69, 9.17) is 11.6 Å². The maximum Gasteiger partial charge on any atom is 0.151 e. The minimum Gasteiger partial charge on any atom is -0.368 e. The van der Waals surface area contributed by atoms with Crippen molar-refractivity contribution in [3.05, 3.63) is 28.9 Å². The van der Waals surface area contributed by atoms with Gasteiger partial charge in [0.1, 0.15) is 5.82 Å². The first-order valence-electron chi connectivity index (χ1n) is 8.43. The topological polar surface area (TPSA) is 41.0 Å². The SMILES string of the molecule is Clc1ccc(NCC2CCN(CC3=CCCCC3)CC2)nn1. The summed E-state index contributed by atoms with van der Waals surface area (Å²) >= 11 is 5.75. The first-order valence-corrected chi connectivity index (χ1v) is 8.81. The fraction of sp³-hybridized carbons (Fsp3) is 0.647. The van der Waals surface area contributed by atoms with Crippen molar-refractivity contribution in [2.45, 2.75) is 38.5 Å². The van der Waals surface area contributed by atoms with E-state index in [9.17, 15) is 0 Å². The van der Waals surface area contributed by atoms with Crippen LogP contribution in [0.3, 0.4) is 0 Å². The Bertz CT molecular complexity index is 492. The number of piperidine rings is 1. The van der Waals surface area contributed by atoms with E-state index in [1.54, 1.807) is 11.6 Å². The fourth-order valence-corrected chi connectivity index (χ4v) is 3.44. The molecule has 0 saturated carbocycles. The zero-order chi connectivity index (χ0) is 15.2. The number of hydrogen-bond donors (Lipinski definition) is 1. The van der Waals surface area contributed by atoms with Crippen LogP contribution in [0.4, 0.5) is 5.82 Å². The summed E-state index contributed by atoms with van der Waals surface area (Å²) in [5.74, 6) is 1.55. The number of anilines is 1. The second-order valence-corrected chi connectivity index (χ2v) is 6.84. The van der Waals surface area contributed by atoms with Crippen molar-refractivity contribution in [2.75, 3.05) is 31.5 Å². The monoisotopic (exact) mass is 320 g/mol. The quantitative estimate of drug-likeness (QED) is 0.839. The van der Waals surface area contributed by atoms with Gasteiger partial charge in [0.25, 0.3) is 0 Å². The first kappa shape index (κ1) is 15.8. The highest BCUT2D eigenvalue weighted by Gasteiger charge is 2.20. The lowest BCUT2D eigenvalue weighted by atomic mass is 9.94. The van der Waals surface area contributed by atoms with E-state index < -0.39 is 0 Å². The molecular formula is C17H25ClN4. The van der Waals surface area contributed by atoms with Gasteiger partial charge in [0, 0.05) is 13.1 Å². The van der Waals surface area contributed by atoms with E-state index in [-0.39, 0.29) is 0 Å². The smallest absolute Gasteiger partial charge is 0.151 e. The molecule has 0 aromatic carbocycles. The molecule has 0 spiro atoms. The Morgan fingerprint density at radius 1 is 1.18 bits per heavy atom. The van der Waals surface area contributed by atoms with Gasteiger partial charge in [0.05, 0.1) is 0 Å². The normalized spacial score (nSPS) is 20.7. The number of halogens is 1. The number of likely N-dealkylation sites (tertiary alicyclic amines) is 1. The van der Waals surface area contributed by atoms with Gasteiger partial charge in [-0.25, -0.2) is 0 Å². The molecule has 0 radical (unpaired) electrons. The molecule has 4 nitrogen and oxygen atoms in total. The standard InChI is InChI=1S/C17H25ClN4/c18-16-6-7-17(21-20-16)19-12-14-8-10-22(11-9-14)13-15-4-2-1-3-5-15/h4,6-7,14H,1-3,5,8-13H2,(H,19,21). The Hall–Kier alpha value is -1.13. The van der Waals surface area contributed by atoms with Gasteiger partial charge in [0.15, 0.2) is 5.15 Å². The number of allylic oxidation sites excluding steroid dienone is 1. The Morgan fingerprint density at radius 3 is 2.73 bits per heavy atom. The molecule has 1 aliphatic carbocycles. The van der Waals surface area contributed by atoms with Crippen LogP contribution in [0, 0.1) is 5.92 Å². The Balaban J connectivity index is 1.38. The van der Waals surface area contributed by atoms with Crippen molar-refractivity contribution >= 4 is 17.4 Å². The molecule has 5 heteroatoms. The molecule has 1 N–H and O–H groups in total. The first-order chi connectivity index (χ1) is 10.8. The maximum absolute atomic E-state index is 5.75. The minimum absolute atomic E-state index is 0.441. The van der Waals surface area contributed by atoms with Gasteiger partial charge in [-0.2, -0.15) is 0 Å². The summed E-state index contributed by atoms with van der Waals surface area (Å²) in [6, 6.07) is 3.66. The number of hydrogen-bond acceptors (Lipinski definition) is 4. The summed E-state index contributed by atoms with van der Waals surface area (Å²) in [5.41, 5.74) is 1.67. The van der Waals surface area contributed by atoms with Crippen LogP contribution in [-0.2, 0) is 0 Å². The van der Waals surface area contributed by atoms with Crippen LogP contribution in [0.5, 0.6) is 0 Å². The van der Waals surface area contributed by atoms with Crippen LogP contribution in [0.1, 0.15) is 38.5 Å². The highest BCUT2D eigenvalue weighted by Crippen LogP contribution is 2.22. The van der Waals surface area contributed by atoms with Gasteiger partial charge in [0.2, 0.25) is 0 Å². The lowest BCUT2D eigenvalue weighted by molar-refractivity contribution is 0.201. The van der Waals surface area contributed by atoms with Gasteiger partial charge in [-0.15, -0.1) is 10.2 Å². The van der Waals surface area contributed by atoms with Crippen LogP contribution in [0.2, 0.25) is 5.15 Å². The van der Waals surface area contributed by atoms with Crippen LogP contribution >= 0.6 is 11.6 Å². The van der Waals surface area contributed by atoms with E-state index in [0.717, 1.165) is 18.3 Å². The molecule has 3 rings (SSSR count). The van der Waals surface area contributed by atoms with E-state index in [2.05, 4.69) is 26.5 Å². The summed E-state index contributed by atoms with van der Waals surface area (Å²) < 4.78 is 0. The van der Waals surface area contributed by atoms with Crippen molar-refractivity contribution in [1.82, 2.24) is 15.1 Å². The molecule has 120 valence electrons. The molecule has 1 aromatic rings. The summed E-state index contributed by atoms with van der Waals surface area (Å²) in [7, 11) is 0. The van der Waals surface area contributed by atoms with Gasteiger partial charge in [-0.05, 0) is 69.7 Å². The molecule has 0 amide bonds. The predicted octanol–water partition coefficient (Wildman–Crippen LogP) is 3.75. The average molecular weight is 321 g/mol. The molecule has 22 heavy (non-hydrogen) atoms. The van der Waals surface area contributed by atoms with E-state index in [1.807, 2.05) is 6.07 Å². The van der Waals surface area contributed by atoms with E-state index >= 15 is 0 Å². The van der Waals surface area contributed by atoms with Crippen molar-refractivity contribution in [1.29, 1.82) is 0 Å². The molecule has 2 heterocycles. The third-order valence-electron chi connectivity index (χ3n) is 4.72. The molecular weight excluding hydrogens is 296 g/mol. The summed E-state index contributed by atoms with van der Waals surface area (Å²) in [5, 5.41) is 11.7. The maximum atomic E-state index is 5.75. The number of nitrogens with one attached hydrogen (secondary N) is 1. The molecule has 2 aliphatic rings. The van der Waals surface area contributed by atoms with Crippen LogP contribution in [0.15, 0.2) is 23.8 Å². The average Bonchev–Trinajstić information content (AvgIpc) is 2.57. The lowest BCUT2D eigenvalue weighted by Gasteiger charge is -2.33. The third-order valence-corrected chi connectivity index (χ3v) is 4.92.